The normalized spacial score (nSPS) is 11.7. The molecule has 4 rings (SSSR count). The highest BCUT2D eigenvalue weighted by molar-refractivity contribution is 6.31. The van der Waals surface area contributed by atoms with Gasteiger partial charge in [-0.1, -0.05) is 29.8 Å². The zero-order valence-corrected chi connectivity index (χ0v) is 15.3. The minimum absolute atomic E-state index is 0.0504. The van der Waals surface area contributed by atoms with Crippen molar-refractivity contribution in [3.05, 3.63) is 76.8 Å². The number of carboxylic acid groups (broad SMARTS) is 1. The molecule has 0 saturated carbocycles. The number of pyridine rings is 1. The minimum Gasteiger partial charge on any atom is -0.478 e. The predicted molar refractivity (Wildman–Crippen MR) is 102 cm³/mol. The van der Waals surface area contributed by atoms with Gasteiger partial charge in [0.25, 0.3) is 0 Å². The Labute approximate surface area is 167 Å². The third-order valence-electron chi connectivity index (χ3n) is 4.36. The van der Waals surface area contributed by atoms with Gasteiger partial charge in [-0.25, -0.2) is 9.78 Å². The van der Waals surface area contributed by atoms with Crippen molar-refractivity contribution in [2.24, 2.45) is 0 Å². The maximum atomic E-state index is 13.1. The first-order valence-electron chi connectivity index (χ1n) is 8.34. The topological polar surface area (TPSA) is 63.3 Å². The van der Waals surface area contributed by atoms with E-state index in [2.05, 4.69) is 4.98 Å². The summed E-state index contributed by atoms with van der Waals surface area (Å²) in [6.45, 7) is 0. The van der Waals surface area contributed by atoms with Crippen molar-refractivity contribution in [3.63, 3.8) is 0 Å². The molecule has 0 radical (unpaired) electrons. The van der Waals surface area contributed by atoms with Gasteiger partial charge in [-0.15, -0.1) is 0 Å². The Balaban J connectivity index is 1.80. The molecule has 0 aliphatic heterocycles. The molecule has 0 bridgehead atoms. The predicted octanol–water partition coefficient (Wildman–Crippen LogP) is 6.53. The number of hydrogen-bond donors (Lipinski definition) is 1. The first kappa shape index (κ1) is 19.0. The van der Waals surface area contributed by atoms with Crippen molar-refractivity contribution in [1.29, 1.82) is 0 Å². The van der Waals surface area contributed by atoms with Gasteiger partial charge >= 0.3 is 12.1 Å². The molecule has 2 aromatic heterocycles. The van der Waals surface area contributed by atoms with E-state index in [4.69, 9.17) is 16.0 Å². The Morgan fingerprint density at radius 2 is 1.72 bits per heavy atom. The fourth-order valence-corrected chi connectivity index (χ4v) is 3.23. The molecule has 2 heterocycles. The van der Waals surface area contributed by atoms with E-state index < -0.39 is 22.7 Å². The van der Waals surface area contributed by atoms with Crippen LogP contribution in [0, 0.1) is 0 Å². The SMILES string of the molecule is O=C(O)c1cc(-c2ccc(-c3ccc(Cl)c(C(F)(F)F)c3)o2)nc2ccccc12. The van der Waals surface area contributed by atoms with Crippen LogP contribution in [0.1, 0.15) is 15.9 Å². The van der Waals surface area contributed by atoms with E-state index in [-0.39, 0.29) is 28.3 Å². The van der Waals surface area contributed by atoms with Crippen molar-refractivity contribution in [3.8, 4) is 22.8 Å². The average Bonchev–Trinajstić information content (AvgIpc) is 3.16. The molecule has 0 spiro atoms. The van der Waals surface area contributed by atoms with Gasteiger partial charge in [0.1, 0.15) is 11.5 Å². The Morgan fingerprint density at radius 1 is 1.00 bits per heavy atom. The highest BCUT2D eigenvalue weighted by Gasteiger charge is 2.33. The first-order valence-corrected chi connectivity index (χ1v) is 8.72. The minimum atomic E-state index is -4.60. The number of halogens is 4. The number of carbonyl (C=O) groups is 1. The van der Waals surface area contributed by atoms with Crippen LogP contribution in [0.15, 0.2) is 65.1 Å². The Hall–Kier alpha value is -3.32. The van der Waals surface area contributed by atoms with E-state index >= 15 is 0 Å². The number of hydrogen-bond acceptors (Lipinski definition) is 3. The number of benzene rings is 2. The van der Waals surface area contributed by atoms with E-state index in [1.54, 1.807) is 24.3 Å². The molecule has 0 atom stereocenters. The Morgan fingerprint density at radius 3 is 2.45 bits per heavy atom. The van der Waals surface area contributed by atoms with Gasteiger partial charge in [-0.2, -0.15) is 13.2 Å². The Bertz CT molecular complexity index is 1250. The maximum absolute atomic E-state index is 13.1. The summed E-state index contributed by atoms with van der Waals surface area (Å²) < 4.78 is 45.0. The zero-order chi connectivity index (χ0) is 20.8. The summed E-state index contributed by atoms with van der Waals surface area (Å²) in [5.74, 6) is -0.713. The zero-order valence-electron chi connectivity index (χ0n) is 14.5. The quantitative estimate of drug-likeness (QED) is 0.411. The first-order chi connectivity index (χ1) is 13.7. The van der Waals surface area contributed by atoms with E-state index in [1.165, 1.54) is 24.3 Å². The van der Waals surface area contributed by atoms with E-state index in [9.17, 15) is 23.1 Å². The van der Waals surface area contributed by atoms with Crippen molar-refractivity contribution in [1.82, 2.24) is 4.98 Å². The van der Waals surface area contributed by atoms with Crippen LogP contribution >= 0.6 is 11.6 Å². The molecule has 8 heteroatoms. The summed E-state index contributed by atoms with van der Waals surface area (Å²) in [6, 6.07) is 14.6. The lowest BCUT2D eigenvalue weighted by atomic mass is 10.1. The molecule has 0 aliphatic rings. The fraction of sp³-hybridized carbons (Fsp3) is 0.0476. The van der Waals surface area contributed by atoms with Crippen LogP contribution in [0.4, 0.5) is 13.2 Å². The molecule has 1 N–H and O–H groups in total. The molecule has 146 valence electrons. The van der Waals surface area contributed by atoms with Crippen LogP contribution in [0.25, 0.3) is 33.7 Å². The summed E-state index contributed by atoms with van der Waals surface area (Å²) in [7, 11) is 0. The van der Waals surface area contributed by atoms with Crippen LogP contribution in [-0.2, 0) is 6.18 Å². The van der Waals surface area contributed by atoms with Crippen LogP contribution in [0.3, 0.4) is 0 Å². The second kappa shape index (κ2) is 6.93. The van der Waals surface area contributed by atoms with Gasteiger partial charge in [-0.3, -0.25) is 0 Å². The van der Waals surface area contributed by atoms with Crippen LogP contribution in [-0.4, -0.2) is 16.1 Å². The number of alkyl halides is 3. The monoisotopic (exact) mass is 417 g/mol. The smallest absolute Gasteiger partial charge is 0.417 e. The number of rotatable bonds is 3. The third-order valence-corrected chi connectivity index (χ3v) is 4.69. The lowest BCUT2D eigenvalue weighted by molar-refractivity contribution is -0.137. The molecule has 0 unspecified atom stereocenters. The molecule has 2 aromatic carbocycles. The van der Waals surface area contributed by atoms with Gasteiger partial charge in [0.05, 0.1) is 21.7 Å². The molecule has 4 nitrogen and oxygen atoms in total. The number of nitrogens with zero attached hydrogens (tertiary/aromatic N) is 1. The van der Waals surface area contributed by atoms with Gasteiger partial charge in [0.15, 0.2) is 5.76 Å². The van der Waals surface area contributed by atoms with Gasteiger partial charge < -0.3 is 9.52 Å². The van der Waals surface area contributed by atoms with Crippen LogP contribution < -0.4 is 0 Å². The highest BCUT2D eigenvalue weighted by atomic mass is 35.5. The Kier molecular flexibility index (Phi) is 4.55. The molecule has 4 aromatic rings. The van der Waals surface area contributed by atoms with Crippen molar-refractivity contribution >= 4 is 28.5 Å². The lowest BCUT2D eigenvalue weighted by Crippen LogP contribution is -2.05. The number of aromatic carboxylic acids is 1. The molecule has 0 saturated heterocycles. The largest absolute Gasteiger partial charge is 0.478 e. The van der Waals surface area contributed by atoms with E-state index in [0.29, 0.717) is 10.9 Å². The lowest BCUT2D eigenvalue weighted by Gasteiger charge is -2.10. The number of carboxylic acids is 1. The summed E-state index contributed by atoms with van der Waals surface area (Å²) >= 11 is 5.66. The van der Waals surface area contributed by atoms with Crippen LogP contribution in [0.5, 0.6) is 0 Å². The van der Waals surface area contributed by atoms with Gasteiger partial charge in [-0.05, 0) is 42.5 Å². The third kappa shape index (κ3) is 3.56. The summed E-state index contributed by atoms with van der Waals surface area (Å²) in [4.78, 5) is 16.0. The fourth-order valence-electron chi connectivity index (χ4n) is 3.01. The molecular weight excluding hydrogens is 407 g/mol. The molecule has 0 amide bonds. The second-order valence-electron chi connectivity index (χ2n) is 6.23. The standard InChI is InChI=1S/C21H11ClF3NO3/c22-15-6-5-11(9-14(15)21(23,24)25)18-7-8-19(29-18)17-10-13(20(27)28)12-3-1-2-4-16(12)26-17/h1-10H,(H,27,28). The number of para-hydroxylation sites is 1. The highest BCUT2D eigenvalue weighted by Crippen LogP contribution is 2.38. The molecule has 0 fully saturated rings. The number of fused-ring (bicyclic) bond motifs is 1. The number of furan rings is 1. The molecule has 29 heavy (non-hydrogen) atoms. The van der Waals surface area contributed by atoms with Crippen molar-refractivity contribution in [2.75, 3.05) is 0 Å². The van der Waals surface area contributed by atoms with Crippen molar-refractivity contribution in [2.45, 2.75) is 6.18 Å². The van der Waals surface area contributed by atoms with Gasteiger partial charge in [0.2, 0.25) is 0 Å². The molecule has 0 aliphatic carbocycles. The molecular formula is C21H11ClF3NO3. The summed E-state index contributed by atoms with van der Waals surface area (Å²) in [5, 5.41) is 9.56. The van der Waals surface area contributed by atoms with Crippen LogP contribution in [0.2, 0.25) is 5.02 Å². The second-order valence-corrected chi connectivity index (χ2v) is 6.64. The van der Waals surface area contributed by atoms with Gasteiger partial charge in [0, 0.05) is 10.9 Å². The van der Waals surface area contributed by atoms with Crippen molar-refractivity contribution < 1.29 is 27.5 Å². The maximum Gasteiger partial charge on any atom is 0.417 e. The number of aromatic nitrogens is 1. The van der Waals surface area contributed by atoms with E-state index in [1.807, 2.05) is 0 Å². The summed E-state index contributed by atoms with van der Waals surface area (Å²) in [5.41, 5.74) is -0.00297. The average molecular weight is 418 g/mol. The summed E-state index contributed by atoms with van der Waals surface area (Å²) in [6.07, 6.45) is -4.60. The van der Waals surface area contributed by atoms with E-state index in [0.717, 1.165) is 12.1 Å².